The van der Waals surface area contributed by atoms with Crippen LogP contribution >= 0.6 is 0 Å². The van der Waals surface area contributed by atoms with Gasteiger partial charge >= 0.3 is 0 Å². The monoisotopic (exact) mass is 217 g/mol. The van der Waals surface area contributed by atoms with Crippen molar-refractivity contribution in [3.63, 3.8) is 0 Å². The molecule has 0 saturated carbocycles. The fourth-order valence-electron chi connectivity index (χ4n) is 1.66. The number of hydrogen-bond acceptors (Lipinski definition) is 2. The average molecular weight is 217 g/mol. The van der Waals surface area contributed by atoms with Crippen molar-refractivity contribution in [2.75, 3.05) is 6.61 Å². The molecule has 0 bridgehead atoms. The van der Waals surface area contributed by atoms with Crippen LogP contribution in [0.1, 0.15) is 5.56 Å². The summed E-state index contributed by atoms with van der Waals surface area (Å²) >= 11 is 0. The molecule has 0 unspecified atom stereocenters. The quantitative estimate of drug-likeness (QED) is 0.856. The third-order valence-corrected chi connectivity index (χ3v) is 2.40. The second-order valence-corrected chi connectivity index (χ2v) is 3.46. The van der Waals surface area contributed by atoms with E-state index >= 15 is 0 Å². The standard InChI is InChI=1S/C13H12FNO/c14-12-6-2-1-5-11(12)13-10(7-9-16)4-3-8-15-13/h1-6,8,16H,7,9H2. The maximum atomic E-state index is 13.6. The van der Waals surface area contributed by atoms with Gasteiger partial charge in [0.1, 0.15) is 5.82 Å². The highest BCUT2D eigenvalue weighted by Crippen LogP contribution is 2.23. The summed E-state index contributed by atoms with van der Waals surface area (Å²) in [7, 11) is 0. The van der Waals surface area contributed by atoms with E-state index in [9.17, 15) is 4.39 Å². The molecule has 1 aromatic heterocycles. The Balaban J connectivity index is 2.51. The summed E-state index contributed by atoms with van der Waals surface area (Å²) in [5.74, 6) is -0.291. The highest BCUT2D eigenvalue weighted by Gasteiger charge is 2.09. The van der Waals surface area contributed by atoms with Gasteiger partial charge < -0.3 is 5.11 Å². The van der Waals surface area contributed by atoms with E-state index in [1.807, 2.05) is 6.07 Å². The van der Waals surface area contributed by atoms with Gasteiger partial charge in [-0.25, -0.2) is 4.39 Å². The molecular weight excluding hydrogens is 205 g/mol. The number of aliphatic hydroxyl groups excluding tert-OH is 1. The molecule has 16 heavy (non-hydrogen) atoms. The van der Waals surface area contributed by atoms with Crippen LogP contribution in [0.2, 0.25) is 0 Å². The number of aliphatic hydroxyl groups is 1. The Bertz CT molecular complexity index is 485. The molecular formula is C13H12FNO. The first-order valence-electron chi connectivity index (χ1n) is 5.12. The van der Waals surface area contributed by atoms with Gasteiger partial charge in [-0.1, -0.05) is 18.2 Å². The number of hydrogen-bond donors (Lipinski definition) is 1. The Kier molecular flexibility index (Phi) is 3.27. The molecule has 0 aliphatic heterocycles. The van der Waals surface area contributed by atoms with Crippen LogP contribution in [0.25, 0.3) is 11.3 Å². The van der Waals surface area contributed by atoms with Gasteiger partial charge in [-0.05, 0) is 30.2 Å². The molecule has 0 atom stereocenters. The van der Waals surface area contributed by atoms with Crippen molar-refractivity contribution in [2.24, 2.45) is 0 Å². The van der Waals surface area contributed by atoms with E-state index in [-0.39, 0.29) is 12.4 Å². The minimum absolute atomic E-state index is 0.0349. The van der Waals surface area contributed by atoms with Crippen LogP contribution in [0.15, 0.2) is 42.6 Å². The predicted octanol–water partition coefficient (Wildman–Crippen LogP) is 2.42. The molecule has 2 nitrogen and oxygen atoms in total. The fraction of sp³-hybridized carbons (Fsp3) is 0.154. The lowest BCUT2D eigenvalue weighted by Crippen LogP contribution is -1.97. The molecule has 1 heterocycles. The maximum Gasteiger partial charge on any atom is 0.132 e. The van der Waals surface area contributed by atoms with Crippen molar-refractivity contribution in [1.82, 2.24) is 4.98 Å². The largest absolute Gasteiger partial charge is 0.396 e. The summed E-state index contributed by atoms with van der Waals surface area (Å²) in [4.78, 5) is 4.18. The molecule has 0 aliphatic carbocycles. The Morgan fingerprint density at radius 3 is 2.69 bits per heavy atom. The first kappa shape index (κ1) is 10.8. The molecule has 0 amide bonds. The molecule has 2 rings (SSSR count). The zero-order valence-electron chi connectivity index (χ0n) is 8.73. The van der Waals surface area contributed by atoms with Crippen molar-refractivity contribution in [1.29, 1.82) is 0 Å². The third kappa shape index (κ3) is 2.09. The second kappa shape index (κ2) is 4.86. The van der Waals surface area contributed by atoms with Gasteiger partial charge in [-0.15, -0.1) is 0 Å². The first-order chi connectivity index (χ1) is 7.83. The summed E-state index contributed by atoms with van der Waals surface area (Å²) in [6.45, 7) is 0.0349. The Morgan fingerprint density at radius 2 is 1.94 bits per heavy atom. The second-order valence-electron chi connectivity index (χ2n) is 3.46. The van der Waals surface area contributed by atoms with Crippen molar-refractivity contribution in [2.45, 2.75) is 6.42 Å². The molecule has 1 aromatic carbocycles. The van der Waals surface area contributed by atoms with Crippen molar-refractivity contribution >= 4 is 0 Å². The maximum absolute atomic E-state index is 13.6. The SMILES string of the molecule is OCCc1cccnc1-c1ccccc1F. The van der Waals surface area contributed by atoms with E-state index in [1.54, 1.807) is 30.5 Å². The van der Waals surface area contributed by atoms with E-state index in [4.69, 9.17) is 5.11 Å². The van der Waals surface area contributed by atoms with Crippen molar-refractivity contribution in [3.05, 3.63) is 54.0 Å². The van der Waals surface area contributed by atoms with Crippen LogP contribution < -0.4 is 0 Å². The van der Waals surface area contributed by atoms with Gasteiger partial charge in [0.2, 0.25) is 0 Å². The lowest BCUT2D eigenvalue weighted by molar-refractivity contribution is 0.299. The van der Waals surface area contributed by atoms with Crippen LogP contribution in [0.3, 0.4) is 0 Å². The van der Waals surface area contributed by atoms with Gasteiger partial charge in [0.25, 0.3) is 0 Å². The van der Waals surface area contributed by atoms with E-state index in [0.717, 1.165) is 5.56 Å². The average Bonchev–Trinajstić information content (AvgIpc) is 2.31. The van der Waals surface area contributed by atoms with Crippen LogP contribution in [0, 0.1) is 5.82 Å². The third-order valence-electron chi connectivity index (χ3n) is 2.40. The molecule has 0 radical (unpaired) electrons. The zero-order valence-corrected chi connectivity index (χ0v) is 8.73. The topological polar surface area (TPSA) is 33.1 Å². The van der Waals surface area contributed by atoms with E-state index in [0.29, 0.717) is 17.7 Å². The number of halogens is 1. The van der Waals surface area contributed by atoms with Crippen LogP contribution in [-0.4, -0.2) is 16.7 Å². The molecule has 1 N–H and O–H groups in total. The molecule has 82 valence electrons. The lowest BCUT2D eigenvalue weighted by Gasteiger charge is -2.07. The van der Waals surface area contributed by atoms with E-state index < -0.39 is 0 Å². The Hall–Kier alpha value is -1.74. The van der Waals surface area contributed by atoms with Crippen LogP contribution in [0.4, 0.5) is 4.39 Å². The fourth-order valence-corrected chi connectivity index (χ4v) is 1.66. The first-order valence-corrected chi connectivity index (χ1v) is 5.12. The number of pyridine rings is 1. The zero-order chi connectivity index (χ0) is 11.4. The summed E-state index contributed by atoms with van der Waals surface area (Å²) in [6, 6.07) is 10.2. The van der Waals surface area contributed by atoms with Gasteiger partial charge in [-0.3, -0.25) is 4.98 Å². The highest BCUT2D eigenvalue weighted by atomic mass is 19.1. The molecule has 0 saturated heterocycles. The molecule has 2 aromatic rings. The summed E-state index contributed by atoms with van der Waals surface area (Å²) in [6.07, 6.45) is 2.11. The highest BCUT2D eigenvalue weighted by molar-refractivity contribution is 5.63. The van der Waals surface area contributed by atoms with E-state index in [2.05, 4.69) is 4.98 Å². The number of rotatable bonds is 3. The van der Waals surface area contributed by atoms with Gasteiger partial charge in [0, 0.05) is 18.4 Å². The van der Waals surface area contributed by atoms with Gasteiger partial charge in [0.05, 0.1) is 5.69 Å². The minimum atomic E-state index is -0.291. The normalized spacial score (nSPS) is 10.4. The molecule has 0 spiro atoms. The van der Waals surface area contributed by atoms with Crippen molar-refractivity contribution in [3.8, 4) is 11.3 Å². The summed E-state index contributed by atoms with van der Waals surface area (Å²) in [5, 5.41) is 8.94. The molecule has 3 heteroatoms. The number of nitrogens with zero attached hydrogens (tertiary/aromatic N) is 1. The summed E-state index contributed by atoms with van der Waals surface area (Å²) < 4.78 is 13.6. The Labute approximate surface area is 93.4 Å². The smallest absolute Gasteiger partial charge is 0.132 e. The minimum Gasteiger partial charge on any atom is -0.396 e. The van der Waals surface area contributed by atoms with Crippen LogP contribution in [0.5, 0.6) is 0 Å². The summed E-state index contributed by atoms with van der Waals surface area (Å²) in [5.41, 5.74) is 1.94. The van der Waals surface area contributed by atoms with Gasteiger partial charge in [0.15, 0.2) is 0 Å². The number of benzene rings is 1. The number of aromatic nitrogens is 1. The molecule has 0 fully saturated rings. The van der Waals surface area contributed by atoms with E-state index in [1.165, 1.54) is 6.07 Å². The Morgan fingerprint density at radius 1 is 1.12 bits per heavy atom. The lowest BCUT2D eigenvalue weighted by atomic mass is 10.0. The predicted molar refractivity (Wildman–Crippen MR) is 60.4 cm³/mol. The van der Waals surface area contributed by atoms with Gasteiger partial charge in [-0.2, -0.15) is 0 Å². The van der Waals surface area contributed by atoms with Crippen LogP contribution in [-0.2, 0) is 6.42 Å². The molecule has 0 aliphatic rings. The van der Waals surface area contributed by atoms with Crippen molar-refractivity contribution < 1.29 is 9.50 Å².